The Morgan fingerprint density at radius 3 is 2.40 bits per heavy atom. The second-order valence-corrected chi connectivity index (χ2v) is 11.3. The molecule has 0 radical (unpaired) electrons. The molecule has 12 heteroatoms. The van der Waals surface area contributed by atoms with E-state index in [1.165, 1.54) is 0 Å². The number of carbonyl (C=O) groups is 2. The van der Waals surface area contributed by atoms with Crippen molar-refractivity contribution in [3.05, 3.63) is 35.9 Å². The standard InChI is InChI=1S/C18H26N2O8S2/c1-29(23,24)10-9-16(20-18(22)28-12-13-5-3-2-4-6-13)17(21)19-14-7-8-15(11-14)30(25,26)27/h2-6,14-16H,7-12H2,1H3,(H,19,21)(H,20,22)(H,25,26,27). The lowest BCUT2D eigenvalue weighted by Crippen LogP contribution is -2.50. The summed E-state index contributed by atoms with van der Waals surface area (Å²) >= 11 is 0. The van der Waals surface area contributed by atoms with Gasteiger partial charge in [-0.1, -0.05) is 30.3 Å². The molecule has 0 saturated heterocycles. The molecule has 1 aromatic carbocycles. The molecule has 3 atom stereocenters. The van der Waals surface area contributed by atoms with E-state index < -0.39 is 49.3 Å². The second-order valence-electron chi connectivity index (χ2n) is 7.33. The molecule has 0 spiro atoms. The maximum atomic E-state index is 12.6. The first-order valence-corrected chi connectivity index (χ1v) is 12.9. The SMILES string of the molecule is CS(=O)(=O)CCC(NC(=O)OCc1ccccc1)C(=O)NC1CCC(S(=O)(=O)O)C1. The van der Waals surface area contributed by atoms with E-state index in [0.29, 0.717) is 6.42 Å². The van der Waals surface area contributed by atoms with Crippen LogP contribution in [0.3, 0.4) is 0 Å². The third-order valence-corrected chi connectivity index (χ3v) is 7.00. The minimum absolute atomic E-state index is 0.0221. The zero-order valence-corrected chi connectivity index (χ0v) is 18.1. The number of amides is 2. The number of nitrogens with one attached hydrogen (secondary N) is 2. The van der Waals surface area contributed by atoms with E-state index in [0.717, 1.165) is 11.8 Å². The van der Waals surface area contributed by atoms with E-state index in [1.807, 2.05) is 6.07 Å². The Hall–Kier alpha value is -2.18. The van der Waals surface area contributed by atoms with Gasteiger partial charge in [-0.05, 0) is 31.2 Å². The first-order valence-electron chi connectivity index (χ1n) is 9.35. The molecule has 2 rings (SSSR count). The fourth-order valence-electron chi connectivity index (χ4n) is 3.15. The highest BCUT2D eigenvalue weighted by Gasteiger charge is 2.35. The molecule has 2 amide bonds. The molecule has 1 aliphatic rings. The first-order chi connectivity index (χ1) is 13.9. The lowest BCUT2D eigenvalue weighted by atomic mass is 10.2. The number of carbonyl (C=O) groups excluding carboxylic acids is 2. The van der Waals surface area contributed by atoms with Crippen LogP contribution >= 0.6 is 0 Å². The Morgan fingerprint density at radius 1 is 1.17 bits per heavy atom. The van der Waals surface area contributed by atoms with Crippen LogP contribution in [0.1, 0.15) is 31.2 Å². The molecule has 0 aromatic heterocycles. The summed E-state index contributed by atoms with van der Waals surface area (Å²) in [4.78, 5) is 24.7. The smallest absolute Gasteiger partial charge is 0.408 e. The highest BCUT2D eigenvalue weighted by molar-refractivity contribution is 7.90. The van der Waals surface area contributed by atoms with Crippen LogP contribution < -0.4 is 10.6 Å². The molecule has 1 fully saturated rings. The largest absolute Gasteiger partial charge is 0.445 e. The van der Waals surface area contributed by atoms with E-state index >= 15 is 0 Å². The van der Waals surface area contributed by atoms with Crippen molar-refractivity contribution in [2.75, 3.05) is 12.0 Å². The summed E-state index contributed by atoms with van der Waals surface area (Å²) in [5.41, 5.74) is 0.743. The average molecular weight is 463 g/mol. The Labute approximate surface area is 176 Å². The normalized spacial score (nSPS) is 20.3. The number of ether oxygens (including phenoxy) is 1. The summed E-state index contributed by atoms with van der Waals surface area (Å²) in [6, 6.07) is 7.20. The number of benzene rings is 1. The molecule has 0 heterocycles. The number of rotatable bonds is 9. The van der Waals surface area contributed by atoms with E-state index in [9.17, 15) is 26.4 Å². The van der Waals surface area contributed by atoms with Gasteiger partial charge in [0.05, 0.1) is 11.0 Å². The maximum absolute atomic E-state index is 12.6. The molecule has 0 bridgehead atoms. The van der Waals surface area contributed by atoms with E-state index in [1.54, 1.807) is 24.3 Å². The van der Waals surface area contributed by atoms with Gasteiger partial charge in [-0.25, -0.2) is 13.2 Å². The van der Waals surface area contributed by atoms with Crippen LogP contribution in [0.2, 0.25) is 0 Å². The summed E-state index contributed by atoms with van der Waals surface area (Å²) in [7, 11) is -7.58. The highest BCUT2D eigenvalue weighted by atomic mass is 32.2. The monoisotopic (exact) mass is 462 g/mol. The van der Waals surface area contributed by atoms with Gasteiger partial charge >= 0.3 is 6.09 Å². The van der Waals surface area contributed by atoms with Gasteiger partial charge in [0.2, 0.25) is 5.91 Å². The Bertz CT molecular complexity index is 948. The molecule has 0 aliphatic heterocycles. The van der Waals surface area contributed by atoms with Crippen molar-refractivity contribution in [2.24, 2.45) is 0 Å². The topological polar surface area (TPSA) is 156 Å². The van der Waals surface area contributed by atoms with Gasteiger partial charge in [-0.2, -0.15) is 8.42 Å². The number of sulfone groups is 1. The molecule has 30 heavy (non-hydrogen) atoms. The fraction of sp³-hybridized carbons (Fsp3) is 0.556. The molecule has 1 aromatic rings. The van der Waals surface area contributed by atoms with Gasteiger partial charge in [-0.3, -0.25) is 9.35 Å². The minimum Gasteiger partial charge on any atom is -0.445 e. The third kappa shape index (κ3) is 8.28. The molecule has 3 N–H and O–H groups in total. The third-order valence-electron chi connectivity index (χ3n) is 4.75. The molecule has 168 valence electrons. The number of hydrogen-bond acceptors (Lipinski definition) is 7. The molecular formula is C18H26N2O8S2. The Kier molecular flexibility index (Phi) is 8.21. The molecule has 10 nitrogen and oxygen atoms in total. The summed E-state index contributed by atoms with van der Waals surface area (Å²) in [6.07, 6.45) is 0.553. The quantitative estimate of drug-likeness (QED) is 0.452. The summed E-state index contributed by atoms with van der Waals surface area (Å²) < 4.78 is 59.7. The van der Waals surface area contributed by atoms with Crippen LogP contribution in [-0.4, -0.2) is 62.7 Å². The molecule has 3 unspecified atom stereocenters. The lowest BCUT2D eigenvalue weighted by molar-refractivity contribution is -0.123. The minimum atomic E-state index is -4.19. The van der Waals surface area contributed by atoms with Crippen molar-refractivity contribution >= 4 is 32.0 Å². The van der Waals surface area contributed by atoms with E-state index in [4.69, 9.17) is 9.29 Å². The number of hydrogen-bond donors (Lipinski definition) is 3. The van der Waals surface area contributed by atoms with Crippen LogP contribution in [0.25, 0.3) is 0 Å². The van der Waals surface area contributed by atoms with Gasteiger partial charge in [0.1, 0.15) is 22.5 Å². The zero-order chi connectivity index (χ0) is 22.4. The van der Waals surface area contributed by atoms with Crippen LogP contribution in [0.5, 0.6) is 0 Å². The second kappa shape index (κ2) is 10.2. The van der Waals surface area contributed by atoms with E-state index in [2.05, 4.69) is 10.6 Å². The van der Waals surface area contributed by atoms with Gasteiger partial charge in [-0.15, -0.1) is 0 Å². The van der Waals surface area contributed by atoms with Gasteiger partial charge < -0.3 is 15.4 Å². The van der Waals surface area contributed by atoms with Gasteiger partial charge in [0, 0.05) is 12.3 Å². The molecule has 1 aliphatic carbocycles. The van der Waals surface area contributed by atoms with Crippen LogP contribution in [0.15, 0.2) is 30.3 Å². The summed E-state index contributed by atoms with van der Waals surface area (Å²) in [6.45, 7) is -0.0221. The first kappa shape index (κ1) is 24.1. The fourth-order valence-corrected chi connectivity index (χ4v) is 4.72. The van der Waals surface area contributed by atoms with Crippen molar-refractivity contribution in [2.45, 2.75) is 49.6 Å². The molecule has 1 saturated carbocycles. The molecular weight excluding hydrogens is 436 g/mol. The average Bonchev–Trinajstić information content (AvgIpc) is 3.12. The van der Waals surface area contributed by atoms with Crippen LogP contribution in [0, 0.1) is 0 Å². The van der Waals surface area contributed by atoms with Crippen molar-refractivity contribution in [1.29, 1.82) is 0 Å². The van der Waals surface area contributed by atoms with Crippen LogP contribution in [-0.2, 0) is 36.1 Å². The predicted octanol–water partition coefficient (Wildman–Crippen LogP) is 0.641. The zero-order valence-electron chi connectivity index (χ0n) is 16.5. The summed E-state index contributed by atoms with van der Waals surface area (Å²) in [5, 5.41) is 4.03. The Morgan fingerprint density at radius 2 is 1.83 bits per heavy atom. The summed E-state index contributed by atoms with van der Waals surface area (Å²) in [5.74, 6) is -0.973. The Balaban J connectivity index is 1.95. The van der Waals surface area contributed by atoms with Crippen molar-refractivity contribution in [3.63, 3.8) is 0 Å². The van der Waals surface area contributed by atoms with Crippen LogP contribution in [0.4, 0.5) is 4.79 Å². The highest BCUT2D eigenvalue weighted by Crippen LogP contribution is 2.24. The predicted molar refractivity (Wildman–Crippen MR) is 109 cm³/mol. The maximum Gasteiger partial charge on any atom is 0.408 e. The van der Waals surface area contributed by atoms with Crippen molar-refractivity contribution in [1.82, 2.24) is 10.6 Å². The van der Waals surface area contributed by atoms with E-state index in [-0.39, 0.29) is 31.6 Å². The van der Waals surface area contributed by atoms with Crippen molar-refractivity contribution in [3.8, 4) is 0 Å². The number of alkyl carbamates (subject to hydrolysis) is 1. The lowest BCUT2D eigenvalue weighted by Gasteiger charge is -2.21. The van der Waals surface area contributed by atoms with Crippen molar-refractivity contribution < 1.29 is 35.7 Å². The van der Waals surface area contributed by atoms with Gasteiger partial charge in [0.15, 0.2) is 0 Å². The van der Waals surface area contributed by atoms with Gasteiger partial charge in [0.25, 0.3) is 10.1 Å².